The second kappa shape index (κ2) is 7.36. The van der Waals surface area contributed by atoms with Gasteiger partial charge in [-0.3, -0.25) is 0 Å². The SMILES string of the molecule is CCSCCn1cc[n+](CCCC#N)c1. The van der Waals surface area contributed by atoms with Gasteiger partial charge in [0.05, 0.1) is 19.2 Å². The fourth-order valence-electron chi connectivity index (χ4n) is 1.36. The Balaban J connectivity index is 2.26. The highest BCUT2D eigenvalue weighted by Gasteiger charge is 2.02. The summed E-state index contributed by atoms with van der Waals surface area (Å²) >= 11 is 1.96. The van der Waals surface area contributed by atoms with Crippen LogP contribution < -0.4 is 4.57 Å². The zero-order chi connectivity index (χ0) is 10.9. The van der Waals surface area contributed by atoms with Gasteiger partial charge in [-0.15, -0.1) is 0 Å². The minimum absolute atomic E-state index is 0.643. The predicted molar refractivity (Wildman–Crippen MR) is 62.5 cm³/mol. The van der Waals surface area contributed by atoms with Gasteiger partial charge in [-0.05, 0) is 12.2 Å². The van der Waals surface area contributed by atoms with E-state index in [1.54, 1.807) is 0 Å². The number of hydrogen-bond acceptors (Lipinski definition) is 2. The van der Waals surface area contributed by atoms with Gasteiger partial charge in [0.15, 0.2) is 0 Å². The molecule has 0 aliphatic heterocycles. The van der Waals surface area contributed by atoms with Gasteiger partial charge in [-0.1, -0.05) is 6.92 Å². The summed E-state index contributed by atoms with van der Waals surface area (Å²) in [4.78, 5) is 0. The number of hydrogen-bond donors (Lipinski definition) is 0. The van der Waals surface area contributed by atoms with Crippen molar-refractivity contribution in [2.45, 2.75) is 32.9 Å². The third-order valence-corrected chi connectivity index (χ3v) is 3.03. The van der Waals surface area contributed by atoms with Crippen LogP contribution in [0.25, 0.3) is 0 Å². The van der Waals surface area contributed by atoms with Crippen LogP contribution >= 0.6 is 11.8 Å². The van der Waals surface area contributed by atoms with E-state index in [1.165, 1.54) is 11.5 Å². The molecular formula is C11H18N3S+. The van der Waals surface area contributed by atoms with Crippen molar-refractivity contribution in [3.8, 4) is 6.07 Å². The second-order valence-corrected chi connectivity index (χ2v) is 4.74. The van der Waals surface area contributed by atoms with Gasteiger partial charge in [-0.2, -0.15) is 17.0 Å². The van der Waals surface area contributed by atoms with E-state index >= 15 is 0 Å². The molecule has 1 aromatic rings. The molecule has 0 amide bonds. The second-order valence-electron chi connectivity index (χ2n) is 3.35. The number of imidazole rings is 1. The molecule has 0 radical (unpaired) electrons. The third kappa shape index (κ3) is 4.89. The van der Waals surface area contributed by atoms with Crippen molar-refractivity contribution in [2.24, 2.45) is 0 Å². The molecule has 0 bridgehead atoms. The first kappa shape index (κ1) is 12.1. The monoisotopic (exact) mass is 224 g/mol. The zero-order valence-electron chi connectivity index (χ0n) is 9.22. The minimum atomic E-state index is 0.643. The first-order valence-corrected chi connectivity index (χ1v) is 6.51. The molecule has 3 nitrogen and oxygen atoms in total. The summed E-state index contributed by atoms with van der Waals surface area (Å²) in [6.07, 6.45) is 7.88. The van der Waals surface area contributed by atoms with Crippen LogP contribution in [-0.4, -0.2) is 16.1 Å². The van der Waals surface area contributed by atoms with E-state index < -0.39 is 0 Å². The maximum Gasteiger partial charge on any atom is 0.243 e. The zero-order valence-corrected chi connectivity index (χ0v) is 10.0. The number of aromatic nitrogens is 2. The van der Waals surface area contributed by atoms with Crippen molar-refractivity contribution in [3.05, 3.63) is 18.7 Å². The van der Waals surface area contributed by atoms with Gasteiger partial charge in [0.25, 0.3) is 0 Å². The van der Waals surface area contributed by atoms with E-state index in [0.29, 0.717) is 6.42 Å². The molecule has 0 aromatic carbocycles. The number of nitriles is 1. The number of rotatable bonds is 7. The minimum Gasteiger partial charge on any atom is -0.237 e. The quantitative estimate of drug-likeness (QED) is 0.523. The van der Waals surface area contributed by atoms with E-state index in [2.05, 4.69) is 40.8 Å². The Morgan fingerprint density at radius 3 is 3.13 bits per heavy atom. The Bertz CT molecular complexity index is 314. The predicted octanol–water partition coefficient (Wildman–Crippen LogP) is 1.83. The topological polar surface area (TPSA) is 32.6 Å². The van der Waals surface area contributed by atoms with Crippen molar-refractivity contribution < 1.29 is 4.57 Å². The van der Waals surface area contributed by atoms with Gasteiger partial charge < -0.3 is 0 Å². The molecule has 4 heteroatoms. The Morgan fingerprint density at radius 1 is 1.53 bits per heavy atom. The lowest BCUT2D eigenvalue weighted by Gasteiger charge is -1.95. The maximum absolute atomic E-state index is 8.43. The molecule has 0 saturated heterocycles. The Morgan fingerprint density at radius 2 is 2.40 bits per heavy atom. The van der Waals surface area contributed by atoms with Crippen LogP contribution in [-0.2, 0) is 13.1 Å². The normalized spacial score (nSPS) is 10.1. The highest BCUT2D eigenvalue weighted by Crippen LogP contribution is 1.99. The third-order valence-electron chi connectivity index (χ3n) is 2.15. The van der Waals surface area contributed by atoms with Crippen LogP contribution in [0.4, 0.5) is 0 Å². The van der Waals surface area contributed by atoms with Crippen molar-refractivity contribution in [1.82, 2.24) is 4.57 Å². The molecule has 1 heterocycles. The molecule has 15 heavy (non-hydrogen) atoms. The van der Waals surface area contributed by atoms with Crippen LogP contribution in [0.5, 0.6) is 0 Å². The largest absolute Gasteiger partial charge is 0.243 e. The standard InChI is InChI=1S/C11H18N3S/c1-2-15-10-9-14-8-7-13(11-14)6-4-3-5-12/h7-8,11H,2-4,6,9-10H2,1H3/q+1. The lowest BCUT2D eigenvalue weighted by atomic mass is 10.3. The van der Waals surface area contributed by atoms with Gasteiger partial charge in [0.1, 0.15) is 12.4 Å². The van der Waals surface area contributed by atoms with E-state index in [4.69, 9.17) is 5.26 Å². The summed E-state index contributed by atoms with van der Waals surface area (Å²) < 4.78 is 4.35. The molecule has 0 atom stereocenters. The molecule has 0 saturated carbocycles. The number of nitrogens with zero attached hydrogens (tertiary/aromatic N) is 3. The maximum atomic E-state index is 8.43. The first-order chi connectivity index (χ1) is 7.36. The van der Waals surface area contributed by atoms with E-state index in [1.807, 2.05) is 11.8 Å². The van der Waals surface area contributed by atoms with E-state index in [-0.39, 0.29) is 0 Å². The Labute approximate surface area is 95.7 Å². The van der Waals surface area contributed by atoms with Gasteiger partial charge in [0.2, 0.25) is 6.33 Å². The molecule has 0 aliphatic rings. The van der Waals surface area contributed by atoms with Gasteiger partial charge in [-0.25, -0.2) is 9.13 Å². The summed E-state index contributed by atoms with van der Waals surface area (Å²) in [7, 11) is 0. The molecule has 0 fully saturated rings. The number of unbranched alkanes of at least 4 members (excludes halogenated alkanes) is 1. The molecule has 1 aromatic heterocycles. The Hall–Kier alpha value is -0.950. The summed E-state index contributed by atoms with van der Waals surface area (Å²) in [5.41, 5.74) is 0. The van der Waals surface area contributed by atoms with E-state index in [9.17, 15) is 0 Å². The van der Waals surface area contributed by atoms with Crippen LogP contribution in [0.15, 0.2) is 18.7 Å². The highest BCUT2D eigenvalue weighted by molar-refractivity contribution is 7.99. The van der Waals surface area contributed by atoms with Gasteiger partial charge >= 0.3 is 0 Å². The van der Waals surface area contributed by atoms with Crippen molar-refractivity contribution >= 4 is 11.8 Å². The summed E-state index contributed by atoms with van der Waals surface area (Å²) in [6.45, 7) is 4.20. The first-order valence-electron chi connectivity index (χ1n) is 5.36. The lowest BCUT2D eigenvalue weighted by molar-refractivity contribution is -0.696. The average molecular weight is 224 g/mol. The van der Waals surface area contributed by atoms with Crippen LogP contribution in [0.2, 0.25) is 0 Å². The molecule has 82 valence electrons. The van der Waals surface area contributed by atoms with Crippen molar-refractivity contribution in [2.75, 3.05) is 11.5 Å². The van der Waals surface area contributed by atoms with Crippen LogP contribution in [0, 0.1) is 11.3 Å². The number of thioether (sulfide) groups is 1. The lowest BCUT2D eigenvalue weighted by Crippen LogP contribution is -2.30. The molecule has 1 rings (SSSR count). The smallest absolute Gasteiger partial charge is 0.237 e. The van der Waals surface area contributed by atoms with Crippen molar-refractivity contribution in [3.63, 3.8) is 0 Å². The summed E-state index contributed by atoms with van der Waals surface area (Å²) in [5.74, 6) is 2.35. The van der Waals surface area contributed by atoms with Crippen LogP contribution in [0.3, 0.4) is 0 Å². The fraction of sp³-hybridized carbons (Fsp3) is 0.636. The molecule has 0 spiro atoms. The molecule has 0 N–H and O–H groups in total. The van der Waals surface area contributed by atoms with E-state index in [0.717, 1.165) is 19.5 Å². The van der Waals surface area contributed by atoms with Gasteiger partial charge in [0, 0.05) is 12.2 Å². The Kier molecular flexibility index (Phi) is 5.94. The number of aryl methyl sites for hydroxylation is 2. The molecule has 0 unspecified atom stereocenters. The van der Waals surface area contributed by atoms with Crippen LogP contribution in [0.1, 0.15) is 19.8 Å². The molecular weight excluding hydrogens is 206 g/mol. The average Bonchev–Trinajstić information content (AvgIpc) is 2.67. The van der Waals surface area contributed by atoms with Crippen molar-refractivity contribution in [1.29, 1.82) is 5.26 Å². The fourth-order valence-corrected chi connectivity index (χ4v) is 1.99. The summed E-state index contributed by atoms with van der Waals surface area (Å²) in [5, 5.41) is 8.43. The summed E-state index contributed by atoms with van der Waals surface area (Å²) in [6, 6.07) is 2.16. The highest BCUT2D eigenvalue weighted by atomic mass is 32.2. The molecule has 0 aliphatic carbocycles.